The van der Waals surface area contributed by atoms with Gasteiger partial charge in [-0.15, -0.1) is 0 Å². The smallest absolute Gasteiger partial charge is 0.204 e. The van der Waals surface area contributed by atoms with E-state index in [1.807, 2.05) is 18.2 Å². The standard InChI is InChI=1S/C9H9O3/c1-10-7-3-2-4-8-9(7)12-6-5-11-8/h2-4,6H,5H2,1H3. The fourth-order valence-electron chi connectivity index (χ4n) is 1.13. The zero-order valence-corrected chi connectivity index (χ0v) is 6.74. The van der Waals surface area contributed by atoms with Gasteiger partial charge in [-0.1, -0.05) is 6.07 Å². The lowest BCUT2D eigenvalue weighted by Gasteiger charge is -2.19. The zero-order chi connectivity index (χ0) is 8.39. The van der Waals surface area contributed by atoms with Crippen molar-refractivity contribution >= 4 is 0 Å². The molecule has 0 aliphatic carbocycles. The Morgan fingerprint density at radius 2 is 2.33 bits per heavy atom. The van der Waals surface area contributed by atoms with Crippen molar-refractivity contribution in [2.24, 2.45) is 0 Å². The molecule has 2 rings (SSSR count). The molecule has 1 aliphatic heterocycles. The number of para-hydroxylation sites is 1. The molecule has 0 amide bonds. The number of methoxy groups -OCH3 is 1. The number of hydrogen-bond acceptors (Lipinski definition) is 3. The van der Waals surface area contributed by atoms with Gasteiger partial charge in [-0.05, 0) is 12.1 Å². The van der Waals surface area contributed by atoms with Crippen LogP contribution in [0.3, 0.4) is 0 Å². The van der Waals surface area contributed by atoms with Gasteiger partial charge in [-0.25, -0.2) is 0 Å². The quantitative estimate of drug-likeness (QED) is 0.633. The Hall–Kier alpha value is -1.38. The number of rotatable bonds is 1. The van der Waals surface area contributed by atoms with Gasteiger partial charge in [0.15, 0.2) is 18.1 Å². The van der Waals surface area contributed by atoms with Crippen LogP contribution >= 0.6 is 0 Å². The Morgan fingerprint density at radius 3 is 3.17 bits per heavy atom. The Morgan fingerprint density at radius 1 is 1.42 bits per heavy atom. The normalized spacial score (nSPS) is 14.1. The highest BCUT2D eigenvalue weighted by molar-refractivity contribution is 5.52. The van der Waals surface area contributed by atoms with Crippen LogP contribution in [0, 0.1) is 6.61 Å². The van der Waals surface area contributed by atoms with Crippen molar-refractivity contribution < 1.29 is 14.2 Å². The molecule has 63 valence electrons. The lowest BCUT2D eigenvalue weighted by Crippen LogP contribution is -2.10. The monoisotopic (exact) mass is 165 g/mol. The van der Waals surface area contributed by atoms with Crippen molar-refractivity contribution in [1.82, 2.24) is 0 Å². The third kappa shape index (κ3) is 1.07. The molecule has 0 saturated heterocycles. The first-order valence-electron chi connectivity index (χ1n) is 3.70. The van der Waals surface area contributed by atoms with Crippen LogP contribution in [0.4, 0.5) is 0 Å². The van der Waals surface area contributed by atoms with E-state index in [0.717, 1.165) is 5.75 Å². The number of benzene rings is 1. The second-order valence-electron chi connectivity index (χ2n) is 2.38. The van der Waals surface area contributed by atoms with Gasteiger partial charge < -0.3 is 14.2 Å². The Kier molecular flexibility index (Phi) is 1.78. The second-order valence-corrected chi connectivity index (χ2v) is 2.38. The van der Waals surface area contributed by atoms with Gasteiger partial charge in [-0.2, -0.15) is 0 Å². The molecule has 3 heteroatoms. The summed E-state index contributed by atoms with van der Waals surface area (Å²) in [5.74, 6) is 2.09. The van der Waals surface area contributed by atoms with Gasteiger partial charge in [0.05, 0.1) is 7.11 Å². The Bertz CT molecular complexity index is 269. The number of fused-ring (bicyclic) bond motifs is 1. The summed E-state index contributed by atoms with van der Waals surface area (Å²) in [6.45, 7) is 2.09. The number of hydrogen-bond donors (Lipinski definition) is 0. The van der Waals surface area contributed by atoms with Crippen molar-refractivity contribution in [3.8, 4) is 17.2 Å². The molecule has 1 heterocycles. The Labute approximate surface area is 70.9 Å². The Balaban J connectivity index is 2.44. The summed E-state index contributed by atoms with van der Waals surface area (Å²) in [6, 6.07) is 5.55. The second kappa shape index (κ2) is 2.93. The van der Waals surface area contributed by atoms with E-state index in [1.54, 1.807) is 13.7 Å². The van der Waals surface area contributed by atoms with Crippen molar-refractivity contribution in [2.45, 2.75) is 0 Å². The molecule has 0 saturated carbocycles. The predicted molar refractivity (Wildman–Crippen MR) is 43.4 cm³/mol. The van der Waals surface area contributed by atoms with Gasteiger partial charge in [0.2, 0.25) is 5.75 Å². The molecule has 0 bridgehead atoms. The molecule has 12 heavy (non-hydrogen) atoms. The van der Waals surface area contributed by atoms with Crippen molar-refractivity contribution in [2.75, 3.05) is 13.7 Å². The van der Waals surface area contributed by atoms with Crippen LogP contribution in [0.5, 0.6) is 17.2 Å². The fourth-order valence-corrected chi connectivity index (χ4v) is 1.13. The van der Waals surface area contributed by atoms with Crippen LogP contribution in [-0.2, 0) is 0 Å². The lowest BCUT2D eigenvalue weighted by atomic mass is 10.3. The molecule has 3 nitrogen and oxygen atoms in total. The average Bonchev–Trinajstić information content (AvgIpc) is 2.17. The van der Waals surface area contributed by atoms with Gasteiger partial charge in [-0.3, -0.25) is 0 Å². The van der Waals surface area contributed by atoms with Gasteiger partial charge in [0, 0.05) is 0 Å². The van der Waals surface area contributed by atoms with E-state index in [9.17, 15) is 0 Å². The zero-order valence-electron chi connectivity index (χ0n) is 6.74. The first kappa shape index (κ1) is 7.28. The molecule has 0 unspecified atom stereocenters. The number of ether oxygens (including phenoxy) is 3. The van der Waals surface area contributed by atoms with Crippen LogP contribution in [0.1, 0.15) is 0 Å². The highest BCUT2D eigenvalue weighted by Crippen LogP contribution is 2.39. The topological polar surface area (TPSA) is 27.7 Å². The first-order chi connectivity index (χ1) is 5.92. The minimum Gasteiger partial charge on any atom is -0.493 e. The summed E-state index contributed by atoms with van der Waals surface area (Å²) >= 11 is 0. The van der Waals surface area contributed by atoms with Crippen LogP contribution in [0.2, 0.25) is 0 Å². The average molecular weight is 165 g/mol. The summed E-state index contributed by atoms with van der Waals surface area (Å²) in [5, 5.41) is 0. The van der Waals surface area contributed by atoms with Gasteiger partial charge >= 0.3 is 0 Å². The van der Waals surface area contributed by atoms with E-state index >= 15 is 0 Å². The molecular weight excluding hydrogens is 156 g/mol. The van der Waals surface area contributed by atoms with Crippen LogP contribution in [0.15, 0.2) is 18.2 Å². The van der Waals surface area contributed by atoms with E-state index < -0.39 is 0 Å². The molecule has 1 radical (unpaired) electrons. The maximum atomic E-state index is 5.31. The summed E-state index contributed by atoms with van der Waals surface area (Å²) in [6.07, 6.45) is 0. The molecule has 0 fully saturated rings. The minimum absolute atomic E-state index is 0.486. The molecular formula is C9H9O3. The maximum Gasteiger partial charge on any atom is 0.204 e. The van der Waals surface area contributed by atoms with Crippen molar-refractivity contribution in [1.29, 1.82) is 0 Å². The van der Waals surface area contributed by atoms with Gasteiger partial charge in [0.1, 0.15) is 6.61 Å². The molecule has 1 aliphatic rings. The maximum absolute atomic E-state index is 5.31. The predicted octanol–water partition coefficient (Wildman–Crippen LogP) is 1.63. The van der Waals surface area contributed by atoms with Crippen LogP contribution in [-0.4, -0.2) is 13.7 Å². The van der Waals surface area contributed by atoms with E-state index in [0.29, 0.717) is 18.1 Å². The molecule has 1 aromatic rings. The summed E-state index contributed by atoms with van der Waals surface area (Å²) < 4.78 is 15.7. The minimum atomic E-state index is 0.486. The first-order valence-corrected chi connectivity index (χ1v) is 3.70. The van der Waals surface area contributed by atoms with E-state index in [4.69, 9.17) is 14.2 Å². The highest BCUT2D eigenvalue weighted by atomic mass is 16.6. The largest absolute Gasteiger partial charge is 0.493 e. The van der Waals surface area contributed by atoms with Crippen molar-refractivity contribution in [3.05, 3.63) is 24.8 Å². The van der Waals surface area contributed by atoms with E-state index in [1.165, 1.54) is 0 Å². The van der Waals surface area contributed by atoms with Crippen molar-refractivity contribution in [3.63, 3.8) is 0 Å². The van der Waals surface area contributed by atoms with Crippen LogP contribution < -0.4 is 14.2 Å². The summed E-state index contributed by atoms with van der Waals surface area (Å²) in [7, 11) is 1.60. The summed E-state index contributed by atoms with van der Waals surface area (Å²) in [4.78, 5) is 0. The molecule has 1 aromatic carbocycles. The third-order valence-electron chi connectivity index (χ3n) is 1.67. The lowest BCUT2D eigenvalue weighted by molar-refractivity contribution is 0.215. The summed E-state index contributed by atoms with van der Waals surface area (Å²) in [5.41, 5.74) is 0. The SMILES string of the molecule is COc1cccc2c1O[CH]CO2. The molecule has 0 atom stereocenters. The fraction of sp³-hybridized carbons (Fsp3) is 0.222. The molecule has 0 N–H and O–H groups in total. The molecule has 0 spiro atoms. The third-order valence-corrected chi connectivity index (χ3v) is 1.67. The van der Waals surface area contributed by atoms with E-state index in [-0.39, 0.29) is 0 Å². The van der Waals surface area contributed by atoms with Crippen LogP contribution in [0.25, 0.3) is 0 Å². The molecule has 0 aromatic heterocycles. The van der Waals surface area contributed by atoms with Gasteiger partial charge in [0.25, 0.3) is 0 Å². The van der Waals surface area contributed by atoms with E-state index in [2.05, 4.69) is 0 Å². The highest BCUT2D eigenvalue weighted by Gasteiger charge is 2.15.